The number of benzene rings is 2. The van der Waals surface area contributed by atoms with Crippen molar-refractivity contribution < 1.29 is 18.1 Å². The lowest BCUT2D eigenvalue weighted by molar-refractivity contribution is 0.101. The highest BCUT2D eigenvalue weighted by molar-refractivity contribution is 7.84. The molecule has 0 heterocycles. The molecule has 0 fully saturated rings. The molecule has 0 saturated heterocycles. The van der Waals surface area contributed by atoms with Crippen LogP contribution in [-0.2, 0) is 16.6 Å². The number of ether oxygens (including phenoxy) is 1. The van der Waals surface area contributed by atoms with E-state index in [1.165, 1.54) is 38.3 Å². The van der Waals surface area contributed by atoms with E-state index < -0.39 is 10.8 Å². The molecule has 21 heavy (non-hydrogen) atoms. The van der Waals surface area contributed by atoms with E-state index in [2.05, 4.69) is 0 Å². The second-order valence-electron chi connectivity index (χ2n) is 4.53. The van der Waals surface area contributed by atoms with Crippen LogP contribution in [0.3, 0.4) is 0 Å². The lowest BCUT2D eigenvalue weighted by Crippen LogP contribution is -2.02. The van der Waals surface area contributed by atoms with E-state index >= 15 is 0 Å². The van der Waals surface area contributed by atoms with Crippen LogP contribution in [0, 0.1) is 5.82 Å². The highest BCUT2D eigenvalue weighted by atomic mass is 32.2. The molecule has 0 spiro atoms. The van der Waals surface area contributed by atoms with Gasteiger partial charge in [0.05, 0.1) is 23.7 Å². The summed E-state index contributed by atoms with van der Waals surface area (Å²) in [6, 6.07) is 10.6. The molecule has 0 aromatic heterocycles. The van der Waals surface area contributed by atoms with Crippen LogP contribution >= 0.6 is 0 Å². The van der Waals surface area contributed by atoms with Gasteiger partial charge >= 0.3 is 0 Å². The van der Waals surface area contributed by atoms with Crippen LogP contribution in [-0.4, -0.2) is 17.1 Å². The number of halogens is 1. The quantitative estimate of drug-likeness (QED) is 0.796. The Kier molecular flexibility index (Phi) is 4.85. The van der Waals surface area contributed by atoms with Gasteiger partial charge in [0, 0.05) is 16.0 Å². The largest absolute Gasteiger partial charge is 0.496 e. The molecule has 0 aliphatic rings. The summed E-state index contributed by atoms with van der Waals surface area (Å²) in [6.45, 7) is 1.47. The predicted molar refractivity (Wildman–Crippen MR) is 79.5 cm³/mol. The molecule has 0 saturated carbocycles. The second kappa shape index (κ2) is 6.63. The first kappa shape index (κ1) is 15.4. The Hall–Kier alpha value is -2.01. The van der Waals surface area contributed by atoms with Crippen LogP contribution < -0.4 is 4.74 Å². The first-order valence-corrected chi connectivity index (χ1v) is 7.65. The van der Waals surface area contributed by atoms with Crippen LogP contribution in [0.25, 0.3) is 0 Å². The van der Waals surface area contributed by atoms with Gasteiger partial charge in [-0.05, 0) is 49.4 Å². The maximum absolute atomic E-state index is 12.9. The molecule has 1 atom stereocenters. The molecule has 1 unspecified atom stereocenters. The molecule has 0 bridgehead atoms. The summed E-state index contributed by atoms with van der Waals surface area (Å²) in [6.07, 6.45) is 0. The molecule has 0 radical (unpaired) electrons. The van der Waals surface area contributed by atoms with Crippen molar-refractivity contribution in [3.05, 3.63) is 59.4 Å². The maximum atomic E-state index is 12.9. The third-order valence-corrected chi connectivity index (χ3v) is 4.42. The van der Waals surface area contributed by atoms with Gasteiger partial charge in [0.1, 0.15) is 11.6 Å². The van der Waals surface area contributed by atoms with Crippen molar-refractivity contribution in [3.8, 4) is 5.75 Å². The Morgan fingerprint density at radius 2 is 1.86 bits per heavy atom. The average molecular weight is 306 g/mol. The van der Waals surface area contributed by atoms with E-state index in [1.54, 1.807) is 18.2 Å². The van der Waals surface area contributed by atoms with E-state index in [-0.39, 0.29) is 17.4 Å². The number of hydrogen-bond donors (Lipinski definition) is 0. The summed E-state index contributed by atoms with van der Waals surface area (Å²) in [4.78, 5) is 12.0. The van der Waals surface area contributed by atoms with Crippen LogP contribution in [0.4, 0.5) is 4.39 Å². The summed E-state index contributed by atoms with van der Waals surface area (Å²) in [5, 5.41) is 0. The molecule has 110 valence electrons. The molecule has 2 aromatic rings. The topological polar surface area (TPSA) is 43.4 Å². The van der Waals surface area contributed by atoms with Crippen molar-refractivity contribution in [1.82, 2.24) is 0 Å². The standard InChI is InChI=1S/C16H15FO3S/c1-11(18)12-3-8-16(20-2)13(9-12)10-21(19)15-6-4-14(17)5-7-15/h3-9H,10H2,1-2H3. The Bertz CT molecular complexity index is 680. The third-order valence-electron chi connectivity index (χ3n) is 3.05. The van der Waals surface area contributed by atoms with Crippen molar-refractivity contribution in [2.45, 2.75) is 17.6 Å². The number of carbonyl (C=O) groups is 1. The van der Waals surface area contributed by atoms with Gasteiger partial charge in [0.2, 0.25) is 0 Å². The fraction of sp³-hybridized carbons (Fsp3) is 0.188. The number of carbonyl (C=O) groups excluding carboxylic acids is 1. The van der Waals surface area contributed by atoms with E-state index in [1.807, 2.05) is 0 Å². The maximum Gasteiger partial charge on any atom is 0.159 e. The van der Waals surface area contributed by atoms with Crippen LogP contribution in [0.15, 0.2) is 47.4 Å². The van der Waals surface area contributed by atoms with Gasteiger partial charge in [-0.3, -0.25) is 9.00 Å². The summed E-state index contributed by atoms with van der Waals surface area (Å²) in [5.74, 6) is 0.351. The number of Topliss-reactive ketones (excluding diaryl/α,β-unsaturated/α-hetero) is 1. The SMILES string of the molecule is COc1ccc(C(C)=O)cc1CS(=O)c1ccc(F)cc1. The minimum atomic E-state index is -1.33. The first-order valence-electron chi connectivity index (χ1n) is 6.33. The molecule has 0 amide bonds. The Morgan fingerprint density at radius 3 is 2.43 bits per heavy atom. The van der Waals surface area contributed by atoms with Gasteiger partial charge in [0.25, 0.3) is 0 Å². The van der Waals surface area contributed by atoms with Gasteiger partial charge in [-0.1, -0.05) is 0 Å². The number of methoxy groups -OCH3 is 1. The molecule has 2 aromatic carbocycles. The summed E-state index contributed by atoms with van der Waals surface area (Å²) >= 11 is 0. The zero-order valence-corrected chi connectivity index (χ0v) is 12.6. The van der Waals surface area contributed by atoms with Gasteiger partial charge < -0.3 is 4.74 Å². The Morgan fingerprint density at radius 1 is 1.19 bits per heavy atom. The van der Waals surface area contributed by atoms with Gasteiger partial charge in [-0.15, -0.1) is 0 Å². The van der Waals surface area contributed by atoms with Crippen molar-refractivity contribution in [2.75, 3.05) is 7.11 Å². The van der Waals surface area contributed by atoms with Crippen LogP contribution in [0.5, 0.6) is 5.75 Å². The van der Waals surface area contributed by atoms with Crippen molar-refractivity contribution in [2.24, 2.45) is 0 Å². The predicted octanol–water partition coefficient (Wildman–Crippen LogP) is 3.34. The van der Waals surface area contributed by atoms with Gasteiger partial charge in [-0.25, -0.2) is 4.39 Å². The number of hydrogen-bond acceptors (Lipinski definition) is 3. The van der Waals surface area contributed by atoms with E-state index in [0.717, 1.165) is 0 Å². The van der Waals surface area contributed by atoms with Gasteiger partial charge in [0.15, 0.2) is 5.78 Å². The molecule has 3 nitrogen and oxygen atoms in total. The number of ketones is 1. The lowest BCUT2D eigenvalue weighted by Gasteiger charge is -2.10. The highest BCUT2D eigenvalue weighted by Crippen LogP contribution is 2.23. The Labute approximate surface area is 125 Å². The van der Waals surface area contributed by atoms with E-state index in [0.29, 0.717) is 21.8 Å². The van der Waals surface area contributed by atoms with Crippen LogP contribution in [0.2, 0.25) is 0 Å². The van der Waals surface area contributed by atoms with Gasteiger partial charge in [-0.2, -0.15) is 0 Å². The number of rotatable bonds is 5. The average Bonchev–Trinajstić information content (AvgIpc) is 2.47. The molecule has 0 N–H and O–H groups in total. The van der Waals surface area contributed by atoms with E-state index in [9.17, 15) is 13.4 Å². The highest BCUT2D eigenvalue weighted by Gasteiger charge is 2.12. The second-order valence-corrected chi connectivity index (χ2v) is 5.98. The van der Waals surface area contributed by atoms with Crippen molar-refractivity contribution in [1.29, 1.82) is 0 Å². The van der Waals surface area contributed by atoms with E-state index in [4.69, 9.17) is 4.74 Å². The molecule has 0 aliphatic heterocycles. The molecule has 2 rings (SSSR count). The smallest absolute Gasteiger partial charge is 0.159 e. The lowest BCUT2D eigenvalue weighted by atomic mass is 10.1. The fourth-order valence-electron chi connectivity index (χ4n) is 1.92. The summed E-state index contributed by atoms with van der Waals surface area (Å²) < 4.78 is 30.4. The van der Waals surface area contributed by atoms with Crippen molar-refractivity contribution in [3.63, 3.8) is 0 Å². The molecule has 5 heteroatoms. The normalized spacial score (nSPS) is 12.0. The zero-order chi connectivity index (χ0) is 15.4. The van der Waals surface area contributed by atoms with Crippen molar-refractivity contribution >= 4 is 16.6 Å². The first-order chi connectivity index (χ1) is 10.0. The fourth-order valence-corrected chi connectivity index (χ4v) is 3.04. The molecular formula is C16H15FO3S. The third kappa shape index (κ3) is 3.76. The minimum Gasteiger partial charge on any atom is -0.496 e. The molecular weight excluding hydrogens is 291 g/mol. The zero-order valence-electron chi connectivity index (χ0n) is 11.8. The molecule has 0 aliphatic carbocycles. The monoisotopic (exact) mass is 306 g/mol. The van der Waals surface area contributed by atoms with Crippen LogP contribution in [0.1, 0.15) is 22.8 Å². The minimum absolute atomic E-state index is 0.0635. The summed E-state index contributed by atoms with van der Waals surface area (Å²) in [7, 11) is 0.187. The Balaban J connectivity index is 2.29. The summed E-state index contributed by atoms with van der Waals surface area (Å²) in [5.41, 5.74) is 1.23.